The Labute approximate surface area is 149 Å². The summed E-state index contributed by atoms with van der Waals surface area (Å²) in [6.45, 7) is 1.08. The number of fused-ring (bicyclic) bond motifs is 1. The fourth-order valence-electron chi connectivity index (χ4n) is 5.09. The predicted molar refractivity (Wildman–Crippen MR) is 89.4 cm³/mol. The van der Waals surface area contributed by atoms with Crippen molar-refractivity contribution in [1.82, 2.24) is 5.32 Å². The molecule has 142 valence electrons. The Kier molecular flexibility index (Phi) is 5.10. The van der Waals surface area contributed by atoms with Gasteiger partial charge in [-0.15, -0.1) is 0 Å². The molecule has 7 heteroatoms. The largest absolute Gasteiger partial charge is 0.507 e. The molecule has 1 aliphatic heterocycles. The summed E-state index contributed by atoms with van der Waals surface area (Å²) in [5, 5.41) is 13.8. The monoisotopic (exact) mass is 369 g/mol. The van der Waals surface area contributed by atoms with Gasteiger partial charge in [-0.1, -0.05) is 12.8 Å². The number of phenols is 1. The van der Waals surface area contributed by atoms with Gasteiger partial charge in [0.15, 0.2) is 6.29 Å². The number of piperidine rings is 1. The predicted octanol–water partition coefficient (Wildman–Crippen LogP) is 3.30. The van der Waals surface area contributed by atoms with E-state index in [-0.39, 0.29) is 11.2 Å². The summed E-state index contributed by atoms with van der Waals surface area (Å²) in [7, 11) is 0. The van der Waals surface area contributed by atoms with E-state index in [9.17, 15) is 23.1 Å². The highest BCUT2D eigenvalue weighted by Crippen LogP contribution is 2.54. The lowest BCUT2D eigenvalue weighted by molar-refractivity contribution is -0.156. The summed E-state index contributed by atoms with van der Waals surface area (Å²) < 4.78 is 31.2. The zero-order valence-electron chi connectivity index (χ0n) is 14.3. The van der Waals surface area contributed by atoms with Crippen LogP contribution in [0.5, 0.6) is 5.75 Å². The summed E-state index contributed by atoms with van der Waals surface area (Å²) in [5.41, 5.74) is 3.30. The van der Waals surface area contributed by atoms with Gasteiger partial charge in [-0.25, -0.2) is 0 Å². The third kappa shape index (κ3) is 3.37. The Morgan fingerprint density at radius 3 is 2.58 bits per heavy atom. The van der Waals surface area contributed by atoms with Crippen LogP contribution < -0.4 is 5.32 Å². The van der Waals surface area contributed by atoms with Crippen LogP contribution in [0.25, 0.3) is 0 Å². The molecule has 3 atom stereocenters. The van der Waals surface area contributed by atoms with Gasteiger partial charge in [0.05, 0.1) is 5.56 Å². The van der Waals surface area contributed by atoms with Crippen molar-refractivity contribution in [3.05, 3.63) is 28.8 Å². The molecule has 1 saturated heterocycles. The molecule has 2 bridgehead atoms. The average Bonchev–Trinajstić information content (AvgIpc) is 2.62. The Bertz CT molecular complexity index is 700. The van der Waals surface area contributed by atoms with E-state index in [1.807, 2.05) is 12.1 Å². The minimum absolute atomic E-state index is 0.162. The van der Waals surface area contributed by atoms with Gasteiger partial charge in [-0.05, 0) is 61.4 Å². The van der Waals surface area contributed by atoms with Crippen LogP contribution in [0.15, 0.2) is 12.1 Å². The number of phenolic OH excluding ortho intramolecular Hbond substituents is 1. The Balaban J connectivity index is 0.000000286. The van der Waals surface area contributed by atoms with E-state index in [4.69, 9.17) is 4.79 Å². The second kappa shape index (κ2) is 7.02. The quantitative estimate of drug-likeness (QED) is 0.746. The second-order valence-electron chi connectivity index (χ2n) is 7.37. The van der Waals surface area contributed by atoms with Crippen molar-refractivity contribution in [1.29, 1.82) is 0 Å². The minimum Gasteiger partial charge on any atom is -0.507 e. The molecule has 4 nitrogen and oxygen atoms in total. The lowest BCUT2D eigenvalue weighted by atomic mass is 9.52. The second-order valence-corrected chi connectivity index (χ2v) is 7.37. The van der Waals surface area contributed by atoms with Gasteiger partial charge in [0.2, 0.25) is 6.29 Å². The van der Waals surface area contributed by atoms with Crippen molar-refractivity contribution in [3.8, 4) is 5.75 Å². The molecule has 26 heavy (non-hydrogen) atoms. The molecule has 1 aromatic rings. The number of halogens is 3. The molecule has 2 aliphatic carbocycles. The highest BCUT2D eigenvalue weighted by atomic mass is 19.4. The maximum Gasteiger partial charge on any atom is 0.446 e. The molecular formula is C19H22F3NO3. The fourth-order valence-corrected chi connectivity index (χ4v) is 5.09. The van der Waals surface area contributed by atoms with Gasteiger partial charge >= 0.3 is 6.18 Å². The molecular weight excluding hydrogens is 347 g/mol. The summed E-state index contributed by atoms with van der Waals surface area (Å²) in [5.74, 6) is 0.869. The van der Waals surface area contributed by atoms with Crippen molar-refractivity contribution in [2.45, 2.75) is 56.2 Å². The van der Waals surface area contributed by atoms with Gasteiger partial charge < -0.3 is 10.4 Å². The standard InChI is InChI=1S/C17H21NO2.C2HF3O/c19-10-12-7-11-8-15-13-3-1-2-4-17(13,5-6-18-15)14(11)9-16(12)20;3-2(4,5)1-6/h7,9-10,13,15,18,20H,1-6,8H2;1H/t13-,15+,17+;/m1./s1. The maximum absolute atomic E-state index is 11.1. The third-order valence-corrected chi connectivity index (χ3v) is 6.05. The average molecular weight is 369 g/mol. The molecule has 0 unspecified atom stereocenters. The van der Waals surface area contributed by atoms with Crippen molar-refractivity contribution in [2.75, 3.05) is 6.54 Å². The normalized spacial score (nSPS) is 29.5. The first kappa shape index (κ1) is 18.9. The molecule has 0 radical (unpaired) electrons. The maximum atomic E-state index is 11.1. The number of hydrogen-bond acceptors (Lipinski definition) is 4. The van der Waals surface area contributed by atoms with E-state index in [2.05, 4.69) is 5.32 Å². The van der Waals surface area contributed by atoms with Gasteiger partial charge in [-0.3, -0.25) is 9.59 Å². The summed E-state index contributed by atoms with van der Waals surface area (Å²) in [4.78, 5) is 19.8. The van der Waals surface area contributed by atoms with E-state index < -0.39 is 12.5 Å². The van der Waals surface area contributed by atoms with Crippen LogP contribution in [-0.2, 0) is 16.6 Å². The molecule has 0 aromatic heterocycles. The van der Waals surface area contributed by atoms with Crippen LogP contribution in [0.2, 0.25) is 0 Å². The Hall–Kier alpha value is -1.89. The molecule has 2 fully saturated rings. The highest BCUT2D eigenvalue weighted by Gasteiger charge is 2.51. The number of carbonyl (C=O) groups excluding carboxylic acids is 2. The number of nitrogens with one attached hydrogen (secondary N) is 1. The number of hydrogen-bond donors (Lipinski definition) is 2. The third-order valence-electron chi connectivity index (χ3n) is 6.05. The molecule has 1 saturated carbocycles. The van der Waals surface area contributed by atoms with Gasteiger partial charge in [-0.2, -0.15) is 13.2 Å². The van der Waals surface area contributed by atoms with Crippen LogP contribution in [-0.4, -0.2) is 36.4 Å². The van der Waals surface area contributed by atoms with Crippen LogP contribution in [0.4, 0.5) is 13.2 Å². The SMILES string of the molecule is O=CC(F)(F)F.O=Cc1cc2c(cc1O)[C@]13CCCC[C@@H]1[C@H](C2)NCC3. The Morgan fingerprint density at radius 1 is 1.19 bits per heavy atom. The first-order valence-corrected chi connectivity index (χ1v) is 8.89. The highest BCUT2D eigenvalue weighted by molar-refractivity contribution is 5.80. The smallest absolute Gasteiger partial charge is 0.446 e. The van der Waals surface area contributed by atoms with Gasteiger partial charge in [0.1, 0.15) is 5.75 Å². The van der Waals surface area contributed by atoms with Crippen LogP contribution >= 0.6 is 0 Å². The first-order valence-electron chi connectivity index (χ1n) is 8.89. The number of aldehydes is 2. The van der Waals surface area contributed by atoms with Crippen molar-refractivity contribution in [3.63, 3.8) is 0 Å². The summed E-state index contributed by atoms with van der Waals surface area (Å²) in [6.07, 6.45) is 2.40. The number of carbonyl (C=O) groups is 2. The number of aromatic hydroxyl groups is 1. The number of benzene rings is 1. The topological polar surface area (TPSA) is 66.4 Å². The summed E-state index contributed by atoms with van der Waals surface area (Å²) in [6, 6.07) is 4.38. The van der Waals surface area contributed by atoms with Crippen LogP contribution in [0.1, 0.15) is 53.6 Å². The van der Waals surface area contributed by atoms with E-state index in [1.54, 1.807) is 0 Å². The molecule has 3 aliphatic rings. The van der Waals surface area contributed by atoms with Crippen molar-refractivity contribution >= 4 is 12.6 Å². The van der Waals surface area contributed by atoms with Crippen molar-refractivity contribution in [2.24, 2.45) is 5.92 Å². The zero-order chi connectivity index (χ0) is 18.9. The van der Waals surface area contributed by atoms with Crippen LogP contribution in [0.3, 0.4) is 0 Å². The molecule has 0 amide bonds. The molecule has 2 N–H and O–H groups in total. The van der Waals surface area contributed by atoms with Crippen LogP contribution in [0, 0.1) is 5.92 Å². The summed E-state index contributed by atoms with van der Waals surface area (Å²) >= 11 is 0. The molecule has 1 heterocycles. The minimum atomic E-state index is -4.64. The first-order chi connectivity index (χ1) is 12.3. The Morgan fingerprint density at radius 2 is 1.92 bits per heavy atom. The van der Waals surface area contributed by atoms with E-state index in [0.717, 1.165) is 19.3 Å². The van der Waals surface area contributed by atoms with E-state index in [1.165, 1.54) is 43.2 Å². The zero-order valence-corrected chi connectivity index (χ0v) is 14.3. The fraction of sp³-hybridized carbons (Fsp3) is 0.579. The lowest BCUT2D eigenvalue weighted by Gasteiger charge is -2.56. The lowest BCUT2D eigenvalue weighted by Crippen LogP contribution is -2.59. The molecule has 4 rings (SSSR count). The molecule has 0 spiro atoms. The van der Waals surface area contributed by atoms with E-state index in [0.29, 0.717) is 17.5 Å². The van der Waals surface area contributed by atoms with Crippen molar-refractivity contribution < 1.29 is 27.9 Å². The van der Waals surface area contributed by atoms with Gasteiger partial charge in [0.25, 0.3) is 0 Å². The number of alkyl halides is 3. The molecule has 1 aromatic carbocycles. The van der Waals surface area contributed by atoms with E-state index >= 15 is 0 Å². The van der Waals surface area contributed by atoms with Gasteiger partial charge in [0, 0.05) is 11.5 Å². The number of rotatable bonds is 1.